The third kappa shape index (κ3) is 3.11. The Kier molecular flexibility index (Phi) is 4.23. The van der Waals surface area contributed by atoms with Crippen molar-refractivity contribution < 1.29 is 14.2 Å². The summed E-state index contributed by atoms with van der Waals surface area (Å²) in [5.74, 6) is 1.67. The Hall–Kier alpha value is -1.26. The van der Waals surface area contributed by atoms with Crippen molar-refractivity contribution in [2.45, 2.75) is 25.9 Å². The van der Waals surface area contributed by atoms with Crippen LogP contribution in [0.1, 0.15) is 18.9 Å². The lowest BCUT2D eigenvalue weighted by Gasteiger charge is -2.15. The van der Waals surface area contributed by atoms with E-state index in [2.05, 4.69) is 18.3 Å². The van der Waals surface area contributed by atoms with Crippen LogP contribution in [0.3, 0.4) is 0 Å². The van der Waals surface area contributed by atoms with Crippen molar-refractivity contribution in [2.75, 3.05) is 20.5 Å². The average Bonchev–Trinajstić information content (AvgIpc) is 2.81. The minimum Gasteiger partial charge on any atom is -0.454 e. The minimum absolute atomic E-state index is 0.327. The van der Waals surface area contributed by atoms with Crippen LogP contribution >= 0.6 is 0 Å². The third-order valence-electron chi connectivity index (χ3n) is 2.89. The SMILES string of the molecule is CCC(COC)NCc1ccc2c(c1)OCO2. The summed E-state index contributed by atoms with van der Waals surface area (Å²) in [5.41, 5.74) is 1.20. The molecule has 94 valence electrons. The van der Waals surface area contributed by atoms with Gasteiger partial charge in [-0.3, -0.25) is 0 Å². The second-order valence-electron chi connectivity index (χ2n) is 4.13. The van der Waals surface area contributed by atoms with Crippen molar-refractivity contribution in [1.29, 1.82) is 0 Å². The average molecular weight is 237 g/mol. The lowest BCUT2D eigenvalue weighted by Crippen LogP contribution is -2.31. The molecule has 0 aliphatic carbocycles. The summed E-state index contributed by atoms with van der Waals surface area (Å²) in [7, 11) is 1.73. The molecule has 4 heteroatoms. The first kappa shape index (κ1) is 12.2. The number of ether oxygens (including phenoxy) is 3. The maximum absolute atomic E-state index is 5.35. The van der Waals surface area contributed by atoms with Gasteiger partial charge in [-0.1, -0.05) is 13.0 Å². The van der Waals surface area contributed by atoms with E-state index in [1.807, 2.05) is 12.1 Å². The fourth-order valence-corrected chi connectivity index (χ4v) is 1.84. The lowest BCUT2D eigenvalue weighted by molar-refractivity contribution is 0.164. The van der Waals surface area contributed by atoms with Gasteiger partial charge >= 0.3 is 0 Å². The molecule has 1 atom stereocenters. The number of benzene rings is 1. The van der Waals surface area contributed by atoms with Gasteiger partial charge in [-0.05, 0) is 24.1 Å². The fourth-order valence-electron chi connectivity index (χ4n) is 1.84. The molecule has 1 aromatic carbocycles. The molecule has 0 aromatic heterocycles. The van der Waals surface area contributed by atoms with Crippen LogP contribution in [-0.2, 0) is 11.3 Å². The molecule has 0 saturated heterocycles. The van der Waals surface area contributed by atoms with E-state index in [1.54, 1.807) is 7.11 Å². The second kappa shape index (κ2) is 5.89. The van der Waals surface area contributed by atoms with Gasteiger partial charge in [0.2, 0.25) is 6.79 Å². The molecule has 0 radical (unpaired) electrons. The van der Waals surface area contributed by atoms with Crippen LogP contribution in [0.5, 0.6) is 11.5 Å². The summed E-state index contributed by atoms with van der Waals surface area (Å²) in [6, 6.07) is 6.43. The van der Waals surface area contributed by atoms with Crippen LogP contribution in [0.4, 0.5) is 0 Å². The molecule has 0 spiro atoms. The summed E-state index contributed by atoms with van der Waals surface area (Å²) < 4.78 is 15.8. The maximum Gasteiger partial charge on any atom is 0.231 e. The molecular formula is C13H19NO3. The molecule has 0 saturated carbocycles. The fraction of sp³-hybridized carbons (Fsp3) is 0.538. The standard InChI is InChI=1S/C13H19NO3/c1-3-11(8-15-2)14-7-10-4-5-12-13(6-10)17-9-16-12/h4-6,11,14H,3,7-9H2,1-2H3. The Bertz CT molecular complexity index is 368. The van der Waals surface area contributed by atoms with Crippen molar-refractivity contribution in [2.24, 2.45) is 0 Å². The van der Waals surface area contributed by atoms with E-state index in [-0.39, 0.29) is 0 Å². The van der Waals surface area contributed by atoms with Crippen molar-refractivity contribution in [1.82, 2.24) is 5.32 Å². The zero-order valence-electron chi connectivity index (χ0n) is 10.4. The van der Waals surface area contributed by atoms with E-state index in [0.717, 1.165) is 31.1 Å². The second-order valence-corrected chi connectivity index (χ2v) is 4.13. The van der Waals surface area contributed by atoms with Crippen molar-refractivity contribution in [3.63, 3.8) is 0 Å². The molecule has 0 fully saturated rings. The monoisotopic (exact) mass is 237 g/mol. The normalized spacial score (nSPS) is 14.9. The molecule has 1 heterocycles. The predicted molar refractivity (Wildman–Crippen MR) is 65.4 cm³/mol. The summed E-state index contributed by atoms with van der Waals surface area (Å²) in [4.78, 5) is 0. The molecule has 4 nitrogen and oxygen atoms in total. The van der Waals surface area contributed by atoms with Crippen LogP contribution in [-0.4, -0.2) is 26.6 Å². The molecule has 17 heavy (non-hydrogen) atoms. The van der Waals surface area contributed by atoms with Gasteiger partial charge in [0, 0.05) is 19.7 Å². The number of fused-ring (bicyclic) bond motifs is 1. The minimum atomic E-state index is 0.327. The Morgan fingerprint density at radius 3 is 2.94 bits per heavy atom. The van der Waals surface area contributed by atoms with Crippen LogP contribution in [0, 0.1) is 0 Å². The highest BCUT2D eigenvalue weighted by molar-refractivity contribution is 5.44. The molecule has 1 aromatic rings. The van der Waals surface area contributed by atoms with Crippen molar-refractivity contribution in [3.05, 3.63) is 23.8 Å². The van der Waals surface area contributed by atoms with Gasteiger partial charge in [0.05, 0.1) is 6.61 Å². The van der Waals surface area contributed by atoms with Gasteiger partial charge in [-0.15, -0.1) is 0 Å². The quantitative estimate of drug-likeness (QED) is 0.820. The number of hydrogen-bond donors (Lipinski definition) is 1. The van der Waals surface area contributed by atoms with Crippen LogP contribution in [0.15, 0.2) is 18.2 Å². The van der Waals surface area contributed by atoms with E-state index >= 15 is 0 Å². The maximum atomic E-state index is 5.35. The van der Waals surface area contributed by atoms with Gasteiger partial charge in [0.15, 0.2) is 11.5 Å². The van der Waals surface area contributed by atoms with E-state index < -0.39 is 0 Å². The highest BCUT2D eigenvalue weighted by Crippen LogP contribution is 2.32. The Balaban J connectivity index is 1.90. The molecule has 1 N–H and O–H groups in total. The molecule has 1 unspecified atom stereocenters. The Labute approximate surface area is 102 Å². The van der Waals surface area contributed by atoms with Gasteiger partial charge in [0.25, 0.3) is 0 Å². The summed E-state index contributed by atoms with van der Waals surface area (Å²) in [6.45, 7) is 4.03. The summed E-state index contributed by atoms with van der Waals surface area (Å²) in [6.07, 6.45) is 1.05. The van der Waals surface area contributed by atoms with Crippen molar-refractivity contribution in [3.8, 4) is 11.5 Å². The largest absolute Gasteiger partial charge is 0.454 e. The Morgan fingerprint density at radius 1 is 1.35 bits per heavy atom. The molecule has 0 amide bonds. The zero-order chi connectivity index (χ0) is 12.1. The third-order valence-corrected chi connectivity index (χ3v) is 2.89. The van der Waals surface area contributed by atoms with Gasteiger partial charge in [-0.2, -0.15) is 0 Å². The number of hydrogen-bond acceptors (Lipinski definition) is 4. The first-order valence-corrected chi connectivity index (χ1v) is 5.94. The predicted octanol–water partition coefficient (Wildman–Crippen LogP) is 1.93. The van der Waals surface area contributed by atoms with Crippen LogP contribution < -0.4 is 14.8 Å². The van der Waals surface area contributed by atoms with E-state index in [1.165, 1.54) is 5.56 Å². The lowest BCUT2D eigenvalue weighted by atomic mass is 10.1. The van der Waals surface area contributed by atoms with E-state index in [4.69, 9.17) is 14.2 Å². The number of methoxy groups -OCH3 is 1. The number of nitrogens with one attached hydrogen (secondary N) is 1. The van der Waals surface area contributed by atoms with E-state index in [0.29, 0.717) is 12.8 Å². The first-order valence-electron chi connectivity index (χ1n) is 5.94. The highest BCUT2D eigenvalue weighted by atomic mass is 16.7. The zero-order valence-corrected chi connectivity index (χ0v) is 10.4. The molecule has 1 aliphatic rings. The molecule has 0 bridgehead atoms. The van der Waals surface area contributed by atoms with Gasteiger partial charge in [-0.25, -0.2) is 0 Å². The van der Waals surface area contributed by atoms with Gasteiger partial charge in [0.1, 0.15) is 0 Å². The van der Waals surface area contributed by atoms with Crippen LogP contribution in [0.2, 0.25) is 0 Å². The molecular weight excluding hydrogens is 218 g/mol. The van der Waals surface area contributed by atoms with Gasteiger partial charge < -0.3 is 19.5 Å². The topological polar surface area (TPSA) is 39.7 Å². The Morgan fingerprint density at radius 2 is 2.18 bits per heavy atom. The highest BCUT2D eigenvalue weighted by Gasteiger charge is 2.13. The molecule has 2 rings (SSSR count). The summed E-state index contributed by atoms with van der Waals surface area (Å²) >= 11 is 0. The van der Waals surface area contributed by atoms with Crippen molar-refractivity contribution >= 4 is 0 Å². The number of rotatable bonds is 6. The van der Waals surface area contributed by atoms with E-state index in [9.17, 15) is 0 Å². The summed E-state index contributed by atoms with van der Waals surface area (Å²) in [5, 5.41) is 3.46. The first-order chi connectivity index (χ1) is 8.33. The van der Waals surface area contributed by atoms with Crippen LogP contribution in [0.25, 0.3) is 0 Å². The molecule has 1 aliphatic heterocycles. The smallest absolute Gasteiger partial charge is 0.231 e.